The van der Waals surface area contributed by atoms with Crippen LogP contribution in [0.2, 0.25) is 0 Å². The van der Waals surface area contributed by atoms with Crippen molar-refractivity contribution in [3.8, 4) is 22.3 Å². The molecule has 0 radical (unpaired) electrons. The van der Waals surface area contributed by atoms with E-state index >= 15 is 4.57 Å². The van der Waals surface area contributed by atoms with Gasteiger partial charge in [0.15, 0.2) is 7.14 Å². The molecular formula is C31H20NOP. The number of pyridine rings is 1. The summed E-state index contributed by atoms with van der Waals surface area (Å²) < 4.78 is 15.4. The topological polar surface area (TPSA) is 30.0 Å². The van der Waals surface area contributed by atoms with Gasteiger partial charge in [-0.05, 0) is 44.5 Å². The van der Waals surface area contributed by atoms with E-state index in [0.29, 0.717) is 0 Å². The molecule has 0 saturated carbocycles. The minimum Gasteiger partial charge on any atom is -0.309 e. The Bertz CT molecular complexity index is 1680. The van der Waals surface area contributed by atoms with Gasteiger partial charge in [-0.2, -0.15) is 0 Å². The van der Waals surface area contributed by atoms with E-state index < -0.39 is 7.14 Å². The molecule has 0 amide bonds. The Hall–Kier alpha value is -4.00. The quantitative estimate of drug-likeness (QED) is 0.205. The van der Waals surface area contributed by atoms with Gasteiger partial charge in [0.05, 0.1) is 0 Å². The fourth-order valence-corrected chi connectivity index (χ4v) is 8.61. The third kappa shape index (κ3) is 2.52. The molecule has 0 N–H and O–H groups in total. The number of rotatable bonds is 1. The molecule has 0 aliphatic carbocycles. The molecule has 1 aliphatic heterocycles. The van der Waals surface area contributed by atoms with Crippen molar-refractivity contribution in [1.29, 1.82) is 0 Å². The smallest absolute Gasteiger partial charge is 0.172 e. The SMILES string of the molecule is O=P1(c2ccccc2)c2ccccc2-c2c(c3ccncc3c3ccccc23)-c2ccccc21. The third-order valence-electron chi connectivity index (χ3n) is 6.97. The zero-order valence-electron chi connectivity index (χ0n) is 18.3. The van der Waals surface area contributed by atoms with Gasteiger partial charge >= 0.3 is 0 Å². The average molecular weight is 453 g/mol. The first kappa shape index (κ1) is 19.5. The monoisotopic (exact) mass is 453 g/mol. The Morgan fingerprint density at radius 3 is 1.71 bits per heavy atom. The lowest BCUT2D eigenvalue weighted by Gasteiger charge is -2.22. The van der Waals surface area contributed by atoms with Gasteiger partial charge in [0, 0.05) is 33.7 Å². The number of aromatic nitrogens is 1. The highest BCUT2D eigenvalue weighted by Crippen LogP contribution is 2.54. The average Bonchev–Trinajstić information content (AvgIpc) is 3.02. The molecule has 2 heterocycles. The van der Waals surface area contributed by atoms with Crippen molar-refractivity contribution in [2.45, 2.75) is 0 Å². The molecule has 1 atom stereocenters. The van der Waals surface area contributed by atoms with Crippen LogP contribution in [0.5, 0.6) is 0 Å². The maximum atomic E-state index is 15.4. The van der Waals surface area contributed by atoms with Crippen LogP contribution in [0.15, 0.2) is 122 Å². The number of benzene rings is 5. The molecule has 6 aromatic rings. The van der Waals surface area contributed by atoms with E-state index in [1.807, 2.05) is 54.9 Å². The van der Waals surface area contributed by atoms with Crippen molar-refractivity contribution in [1.82, 2.24) is 4.98 Å². The Labute approximate surface area is 197 Å². The molecule has 0 fully saturated rings. The van der Waals surface area contributed by atoms with E-state index in [0.717, 1.165) is 59.7 Å². The van der Waals surface area contributed by atoms with E-state index in [1.165, 1.54) is 0 Å². The number of nitrogens with zero attached hydrogens (tertiary/aromatic N) is 1. The van der Waals surface area contributed by atoms with Gasteiger partial charge in [-0.3, -0.25) is 4.98 Å². The molecular weight excluding hydrogens is 433 g/mol. The van der Waals surface area contributed by atoms with Crippen LogP contribution in [0.4, 0.5) is 0 Å². The molecule has 0 saturated heterocycles. The molecule has 34 heavy (non-hydrogen) atoms. The van der Waals surface area contributed by atoms with E-state index in [4.69, 9.17) is 0 Å². The Morgan fingerprint density at radius 1 is 0.500 bits per heavy atom. The fraction of sp³-hybridized carbons (Fsp3) is 0. The minimum atomic E-state index is -3.14. The van der Waals surface area contributed by atoms with Crippen molar-refractivity contribution >= 4 is 44.6 Å². The van der Waals surface area contributed by atoms with Crippen LogP contribution in [0.25, 0.3) is 43.8 Å². The summed E-state index contributed by atoms with van der Waals surface area (Å²) in [5.41, 5.74) is 4.34. The summed E-state index contributed by atoms with van der Waals surface area (Å²) in [5.74, 6) is 0. The van der Waals surface area contributed by atoms with Crippen molar-refractivity contribution in [2.75, 3.05) is 0 Å². The van der Waals surface area contributed by atoms with Crippen molar-refractivity contribution in [2.24, 2.45) is 0 Å². The highest BCUT2D eigenvalue weighted by atomic mass is 31.2. The second-order valence-electron chi connectivity index (χ2n) is 8.70. The number of hydrogen-bond acceptors (Lipinski definition) is 2. The molecule has 0 bridgehead atoms. The third-order valence-corrected chi connectivity index (χ3v) is 10.1. The van der Waals surface area contributed by atoms with Crippen LogP contribution >= 0.6 is 7.14 Å². The summed E-state index contributed by atoms with van der Waals surface area (Å²) in [4.78, 5) is 4.46. The Kier molecular flexibility index (Phi) is 4.15. The molecule has 1 aliphatic rings. The van der Waals surface area contributed by atoms with E-state index in [2.05, 4.69) is 71.7 Å². The Balaban J connectivity index is 1.80. The summed E-state index contributed by atoms with van der Waals surface area (Å²) in [6.07, 6.45) is 3.81. The Morgan fingerprint density at radius 2 is 1.03 bits per heavy atom. The van der Waals surface area contributed by atoms with Gasteiger partial charge in [-0.15, -0.1) is 0 Å². The predicted molar refractivity (Wildman–Crippen MR) is 143 cm³/mol. The van der Waals surface area contributed by atoms with Gasteiger partial charge in [0.25, 0.3) is 0 Å². The van der Waals surface area contributed by atoms with E-state index in [1.54, 1.807) is 0 Å². The molecule has 7 rings (SSSR count). The molecule has 160 valence electrons. The summed E-state index contributed by atoms with van der Waals surface area (Å²) in [6.45, 7) is 0. The highest BCUT2D eigenvalue weighted by molar-refractivity contribution is 7.85. The van der Waals surface area contributed by atoms with Crippen molar-refractivity contribution in [3.05, 3.63) is 122 Å². The summed E-state index contributed by atoms with van der Waals surface area (Å²) >= 11 is 0. The molecule has 5 aromatic carbocycles. The first-order chi connectivity index (χ1) is 16.8. The van der Waals surface area contributed by atoms with Crippen molar-refractivity contribution < 1.29 is 4.57 Å². The van der Waals surface area contributed by atoms with E-state index in [-0.39, 0.29) is 0 Å². The highest BCUT2D eigenvalue weighted by Gasteiger charge is 2.38. The second kappa shape index (κ2) is 7.25. The fourth-order valence-electron chi connectivity index (χ4n) is 5.56. The van der Waals surface area contributed by atoms with Crippen LogP contribution in [-0.2, 0) is 4.57 Å². The summed E-state index contributed by atoms with van der Waals surface area (Å²) in [5, 5.41) is 7.20. The van der Waals surface area contributed by atoms with Crippen LogP contribution in [0, 0.1) is 0 Å². The summed E-state index contributed by atoms with van der Waals surface area (Å²) in [7, 11) is -3.14. The van der Waals surface area contributed by atoms with Gasteiger partial charge in [-0.1, -0.05) is 103 Å². The van der Waals surface area contributed by atoms with Crippen LogP contribution in [0.1, 0.15) is 0 Å². The lowest BCUT2D eigenvalue weighted by Crippen LogP contribution is -2.26. The maximum Gasteiger partial charge on any atom is 0.172 e. The molecule has 2 nitrogen and oxygen atoms in total. The molecule has 3 heteroatoms. The minimum absolute atomic E-state index is 0.859. The normalized spacial score (nSPS) is 16.5. The van der Waals surface area contributed by atoms with Gasteiger partial charge in [0.1, 0.15) is 0 Å². The first-order valence-electron chi connectivity index (χ1n) is 11.4. The van der Waals surface area contributed by atoms with Crippen LogP contribution in [0.3, 0.4) is 0 Å². The number of fused-ring (bicyclic) bond motifs is 10. The van der Waals surface area contributed by atoms with Crippen LogP contribution < -0.4 is 15.9 Å². The van der Waals surface area contributed by atoms with Crippen molar-refractivity contribution in [3.63, 3.8) is 0 Å². The lowest BCUT2D eigenvalue weighted by molar-refractivity contribution is 0.592. The van der Waals surface area contributed by atoms with Gasteiger partial charge < -0.3 is 4.57 Å². The number of hydrogen-bond donors (Lipinski definition) is 0. The molecule has 1 unspecified atom stereocenters. The van der Waals surface area contributed by atoms with E-state index in [9.17, 15) is 0 Å². The summed E-state index contributed by atoms with van der Waals surface area (Å²) in [6, 6.07) is 37.0. The van der Waals surface area contributed by atoms with Gasteiger partial charge in [0.2, 0.25) is 0 Å². The zero-order chi connectivity index (χ0) is 22.7. The predicted octanol–water partition coefficient (Wildman–Crippen LogP) is 6.67. The zero-order valence-corrected chi connectivity index (χ0v) is 19.2. The van der Waals surface area contributed by atoms with Gasteiger partial charge in [-0.25, -0.2) is 0 Å². The second-order valence-corrected chi connectivity index (χ2v) is 11.4. The molecule has 1 aromatic heterocycles. The standard InChI is InChI=1S/C31H20NOP/c33-34(21-10-2-1-3-11-21)28-16-8-6-14-25(28)30-23-13-5-4-12-22(23)27-20-32-19-18-24(27)31(30)26-15-7-9-17-29(26)34/h1-20H. The maximum absolute atomic E-state index is 15.4. The lowest BCUT2D eigenvalue weighted by atomic mass is 9.86. The van der Waals surface area contributed by atoms with Crippen LogP contribution in [-0.4, -0.2) is 4.98 Å². The largest absolute Gasteiger partial charge is 0.309 e. The first-order valence-corrected chi connectivity index (χ1v) is 13.1. The molecule has 0 spiro atoms.